The largest absolute Gasteiger partial charge is 0.472 e. The maximum Gasteiger partial charge on any atom is 0.472 e. The van der Waals surface area contributed by atoms with E-state index in [1.165, 1.54) is 23.0 Å². The highest BCUT2D eigenvalue weighted by Crippen LogP contribution is 2.65. The number of alkyl halides is 2. The van der Waals surface area contributed by atoms with Gasteiger partial charge in [-0.15, -0.1) is 0 Å². The van der Waals surface area contributed by atoms with Crippen molar-refractivity contribution in [2.45, 2.75) is 68.8 Å². The first-order chi connectivity index (χ1) is 28.6. The summed E-state index contributed by atoms with van der Waals surface area (Å²) in [6, 6.07) is 12.4. The molecule has 4 bridgehead atoms. The smallest absolute Gasteiger partial charge is 0.423 e. The van der Waals surface area contributed by atoms with Crippen LogP contribution in [0.25, 0.3) is 11.2 Å². The molecule has 0 radical (unpaired) electrons. The number of carbonyl (C=O) groups is 1. The van der Waals surface area contributed by atoms with E-state index in [1.54, 1.807) is 31.2 Å². The van der Waals surface area contributed by atoms with Crippen molar-refractivity contribution in [1.82, 2.24) is 29.1 Å². The van der Waals surface area contributed by atoms with Gasteiger partial charge in [-0.1, -0.05) is 29.8 Å². The number of aryl methyl sites for hydroxylation is 2. The Bertz CT molecular complexity index is 2650. The van der Waals surface area contributed by atoms with Crippen molar-refractivity contribution in [3.8, 4) is 5.75 Å². The van der Waals surface area contributed by atoms with Crippen molar-refractivity contribution >= 4 is 49.0 Å². The number of anilines is 1. The minimum Gasteiger partial charge on any atom is -0.423 e. The van der Waals surface area contributed by atoms with Crippen molar-refractivity contribution in [2.75, 3.05) is 18.9 Å². The second-order valence-corrected chi connectivity index (χ2v) is 19.3. The van der Waals surface area contributed by atoms with E-state index in [9.17, 15) is 28.4 Å². The standard InChI is InChI=1S/C35H35F2N7O13P2S/c1-17-3-8-21(18(2)11-17)34(46)53-20-6-4-19(5-7-20)14-60-59(50)52-13-23-25(36)28(33(55-23)44-16-41-27-30(38)39-15-40-31(27)44)56-58(48,49)51-12-22-26(37)29(57-59)32(54-22)43-10-9-24(45)42-35(43)47/h3-11,15-16,22-23,25-26,28-29,32-33H,12-14H2,1-2H3,(H,48,49)(H2,38,39,40)(H,42,45,47)/t22-,23-,25-,26-,28-,29-,32-,33-,59-/m1/s1. The molecule has 318 valence electrons. The van der Waals surface area contributed by atoms with Crippen molar-refractivity contribution in [3.05, 3.63) is 110 Å². The number of phosphoric ester groups is 1. The molecule has 0 spiro atoms. The van der Waals surface area contributed by atoms with Gasteiger partial charge in [0.25, 0.3) is 5.56 Å². The van der Waals surface area contributed by atoms with E-state index in [-0.39, 0.29) is 28.5 Å². The number of hydrogen-bond acceptors (Lipinski definition) is 17. The minimum absolute atomic E-state index is 0.0261. The average molecular weight is 894 g/mol. The predicted molar refractivity (Wildman–Crippen MR) is 206 cm³/mol. The SMILES string of the molecule is Cc1ccc(C(=O)Oc2ccc(CS[P@]3(=O)OC[C@H]4O[C@@H](n5cnc6c(N)ncnc65)[C@H](OP(=O)(O)OC[C@H]5O[C@@H](n6ccc(=O)[nH]c6=O)[C@H](O3)[C@@H]5F)[C@@H]4F)cc2)c(C)c1. The van der Waals surface area contributed by atoms with Gasteiger partial charge < -0.3 is 24.8 Å². The van der Waals surface area contributed by atoms with E-state index in [2.05, 4.69) is 15.0 Å². The third-order valence-corrected chi connectivity index (χ3v) is 14.4. The third kappa shape index (κ3) is 8.60. The molecule has 20 nitrogen and oxygen atoms in total. The lowest BCUT2D eigenvalue weighted by Gasteiger charge is -2.27. The second-order valence-electron chi connectivity index (χ2n) is 13.9. The molecule has 25 heteroatoms. The molecular formula is C35H35F2N7O13P2S. The van der Waals surface area contributed by atoms with Gasteiger partial charge in [-0.2, -0.15) is 0 Å². The van der Waals surface area contributed by atoms with Crippen molar-refractivity contribution < 1.29 is 59.9 Å². The van der Waals surface area contributed by atoms with Crippen LogP contribution in [0.1, 0.15) is 39.5 Å². The van der Waals surface area contributed by atoms with Crippen LogP contribution in [0.5, 0.6) is 5.75 Å². The number of nitrogens with one attached hydrogen (secondary N) is 1. The van der Waals surface area contributed by atoms with E-state index in [0.717, 1.165) is 34.3 Å². The van der Waals surface area contributed by atoms with E-state index in [4.69, 9.17) is 38.0 Å². The number of nitrogen functional groups attached to an aromatic ring is 1. The average Bonchev–Trinajstić information content (AvgIpc) is 3.86. The van der Waals surface area contributed by atoms with Crippen LogP contribution in [0.2, 0.25) is 0 Å². The molecule has 10 atom stereocenters. The number of carbonyl (C=O) groups excluding carboxylic acids is 1. The van der Waals surface area contributed by atoms with Gasteiger partial charge in [-0.25, -0.2) is 42.5 Å². The number of aromatic amines is 1. The van der Waals surface area contributed by atoms with Crippen LogP contribution >= 0.6 is 26.0 Å². The molecule has 5 aromatic rings. The van der Waals surface area contributed by atoms with Crippen molar-refractivity contribution in [3.63, 3.8) is 0 Å². The lowest BCUT2D eigenvalue weighted by Crippen LogP contribution is -2.38. The molecule has 60 heavy (non-hydrogen) atoms. The van der Waals surface area contributed by atoms with E-state index < -0.39 is 94.3 Å². The van der Waals surface area contributed by atoms with Gasteiger partial charge in [0.2, 0.25) is 0 Å². The Labute approximate surface area is 341 Å². The number of aromatic nitrogens is 6. The molecule has 3 aliphatic heterocycles. The highest BCUT2D eigenvalue weighted by molar-refractivity contribution is 8.54. The van der Waals surface area contributed by atoms with Gasteiger partial charge in [0, 0.05) is 18.0 Å². The molecule has 2 aromatic carbocycles. The highest BCUT2D eigenvalue weighted by atomic mass is 32.7. The number of nitrogens with two attached hydrogens (primary N) is 1. The maximum atomic E-state index is 16.4. The van der Waals surface area contributed by atoms with Gasteiger partial charge in [0.15, 0.2) is 36.3 Å². The fourth-order valence-electron chi connectivity index (χ4n) is 6.79. The van der Waals surface area contributed by atoms with Gasteiger partial charge >= 0.3 is 26.3 Å². The third-order valence-electron chi connectivity index (χ3n) is 9.74. The van der Waals surface area contributed by atoms with E-state index >= 15 is 8.78 Å². The molecule has 4 N–H and O–H groups in total. The number of halogens is 2. The number of rotatable bonds is 7. The van der Waals surface area contributed by atoms with Crippen LogP contribution < -0.4 is 21.7 Å². The summed E-state index contributed by atoms with van der Waals surface area (Å²) in [5, 5.41) is 0. The Morgan fingerprint density at radius 2 is 1.63 bits per heavy atom. The summed E-state index contributed by atoms with van der Waals surface area (Å²) in [6.07, 6.45) is -11.9. The number of fused-ring (bicyclic) bond motifs is 5. The molecule has 0 saturated carbocycles. The molecule has 3 aromatic heterocycles. The first kappa shape index (κ1) is 42.0. The van der Waals surface area contributed by atoms with Gasteiger partial charge in [0.1, 0.15) is 42.0 Å². The summed E-state index contributed by atoms with van der Waals surface area (Å²) in [7, 11) is -5.27. The lowest BCUT2D eigenvalue weighted by atomic mass is 10.1. The Kier molecular flexibility index (Phi) is 11.7. The zero-order valence-corrected chi connectivity index (χ0v) is 33.9. The number of H-pyrrole nitrogens is 1. The summed E-state index contributed by atoms with van der Waals surface area (Å²) in [5.41, 5.74) is 6.83. The Morgan fingerprint density at radius 3 is 2.33 bits per heavy atom. The molecule has 3 fully saturated rings. The predicted octanol–water partition coefficient (Wildman–Crippen LogP) is 4.22. The molecule has 8 rings (SSSR count). The van der Waals surface area contributed by atoms with Crippen molar-refractivity contribution in [2.24, 2.45) is 0 Å². The molecule has 3 aliphatic rings. The fraction of sp³-hybridized carbons (Fsp3) is 0.371. The molecule has 1 unspecified atom stereocenters. The van der Waals surface area contributed by atoms with E-state index in [1.807, 2.05) is 18.0 Å². The molecule has 3 saturated heterocycles. The maximum absolute atomic E-state index is 16.4. The van der Waals surface area contributed by atoms with Crippen LogP contribution in [-0.2, 0) is 42.5 Å². The Morgan fingerprint density at radius 1 is 0.950 bits per heavy atom. The van der Waals surface area contributed by atoms with Crippen LogP contribution in [0.4, 0.5) is 14.6 Å². The zero-order chi connectivity index (χ0) is 42.5. The Balaban J connectivity index is 1.09. The summed E-state index contributed by atoms with van der Waals surface area (Å²) >= 11 is 0.570. The minimum atomic E-state index is -5.27. The van der Waals surface area contributed by atoms with Gasteiger partial charge in [0.05, 0.1) is 25.1 Å². The number of hydrogen-bond donors (Lipinski definition) is 3. The number of ether oxygens (including phenoxy) is 3. The Hall–Kier alpha value is -4.67. The molecule has 6 heterocycles. The summed E-state index contributed by atoms with van der Waals surface area (Å²) in [4.78, 5) is 62.5. The number of imidazole rings is 1. The summed E-state index contributed by atoms with van der Waals surface area (Å²) < 4.78 is 102. The number of esters is 1. The molecule has 0 aliphatic carbocycles. The first-order valence-corrected chi connectivity index (χ1v) is 22.7. The molecular weight excluding hydrogens is 858 g/mol. The summed E-state index contributed by atoms with van der Waals surface area (Å²) in [6.45, 7) is -2.86. The van der Waals surface area contributed by atoms with Crippen LogP contribution in [-0.4, -0.2) is 89.9 Å². The van der Waals surface area contributed by atoms with Gasteiger partial charge in [-0.05, 0) is 54.6 Å². The number of phosphoric acid groups is 1. The molecule has 0 amide bonds. The normalized spacial score (nSPS) is 30.9. The quantitative estimate of drug-likeness (QED) is 0.117. The second kappa shape index (κ2) is 16.7. The number of nitrogens with zero attached hydrogens (tertiary/aromatic N) is 5. The fourth-order valence-corrected chi connectivity index (χ4v) is 11.1. The van der Waals surface area contributed by atoms with Crippen LogP contribution in [0.3, 0.4) is 0 Å². The van der Waals surface area contributed by atoms with E-state index in [0.29, 0.717) is 22.5 Å². The van der Waals surface area contributed by atoms with Crippen LogP contribution in [0, 0.1) is 13.8 Å². The topological polar surface area (TPSA) is 261 Å². The monoisotopic (exact) mass is 893 g/mol. The summed E-state index contributed by atoms with van der Waals surface area (Å²) in [5.74, 6) is -0.516. The van der Waals surface area contributed by atoms with Gasteiger partial charge in [-0.3, -0.25) is 37.0 Å². The van der Waals surface area contributed by atoms with Crippen LogP contribution in [0.15, 0.2) is 77.0 Å². The first-order valence-electron chi connectivity index (χ1n) is 18.0. The lowest BCUT2D eigenvalue weighted by molar-refractivity contribution is -0.0648. The van der Waals surface area contributed by atoms with Crippen molar-refractivity contribution in [1.29, 1.82) is 0 Å². The zero-order valence-electron chi connectivity index (χ0n) is 31.3. The number of benzene rings is 2. The highest BCUT2D eigenvalue weighted by Gasteiger charge is 2.55.